The normalized spacial score (nSPS) is 28.0. The number of piperidine rings is 1. The summed E-state index contributed by atoms with van der Waals surface area (Å²) in [4.78, 5) is 27.6. The lowest BCUT2D eigenvalue weighted by Gasteiger charge is -2.39. The molecule has 108 valence electrons. The molecule has 5 heteroatoms. The van der Waals surface area contributed by atoms with Crippen LogP contribution in [0, 0.1) is 5.92 Å². The summed E-state index contributed by atoms with van der Waals surface area (Å²) < 4.78 is 0. The van der Waals surface area contributed by atoms with Crippen molar-refractivity contribution in [3.8, 4) is 0 Å². The minimum atomic E-state index is 0.154. The number of nitrogens with zero attached hydrogens (tertiary/aromatic N) is 2. The molecule has 2 heterocycles. The third-order valence-corrected chi connectivity index (χ3v) is 4.44. The van der Waals surface area contributed by atoms with E-state index in [1.807, 2.05) is 9.80 Å². The van der Waals surface area contributed by atoms with E-state index in [9.17, 15) is 9.59 Å². The van der Waals surface area contributed by atoms with Crippen molar-refractivity contribution in [2.24, 2.45) is 11.7 Å². The van der Waals surface area contributed by atoms with Crippen LogP contribution in [0.25, 0.3) is 0 Å². The van der Waals surface area contributed by atoms with E-state index >= 15 is 0 Å². The quantitative estimate of drug-likeness (QED) is 0.810. The number of hydrogen-bond acceptors (Lipinski definition) is 3. The van der Waals surface area contributed by atoms with Gasteiger partial charge in [-0.25, -0.2) is 0 Å². The van der Waals surface area contributed by atoms with Gasteiger partial charge in [-0.2, -0.15) is 0 Å². The second-order valence-corrected chi connectivity index (χ2v) is 5.74. The van der Waals surface area contributed by atoms with Crippen molar-refractivity contribution in [3.63, 3.8) is 0 Å². The summed E-state index contributed by atoms with van der Waals surface area (Å²) in [6.07, 6.45) is 4.22. The van der Waals surface area contributed by atoms with Crippen LogP contribution in [0.4, 0.5) is 0 Å². The summed E-state index contributed by atoms with van der Waals surface area (Å²) in [5.74, 6) is 0.827. The van der Waals surface area contributed by atoms with Crippen molar-refractivity contribution in [2.45, 2.75) is 45.1 Å². The Hall–Kier alpha value is -1.10. The van der Waals surface area contributed by atoms with Crippen LogP contribution < -0.4 is 5.73 Å². The van der Waals surface area contributed by atoms with E-state index in [1.54, 1.807) is 0 Å². The third-order valence-electron chi connectivity index (χ3n) is 4.44. The Morgan fingerprint density at radius 3 is 2.79 bits per heavy atom. The maximum Gasteiger partial charge on any atom is 0.224 e. The molecule has 2 saturated heterocycles. The molecule has 0 radical (unpaired) electrons. The average Bonchev–Trinajstić information content (AvgIpc) is 2.81. The number of carbonyl (C=O) groups is 2. The molecule has 0 bridgehead atoms. The van der Waals surface area contributed by atoms with Crippen molar-refractivity contribution in [2.75, 3.05) is 26.2 Å². The van der Waals surface area contributed by atoms with Gasteiger partial charge in [0.25, 0.3) is 0 Å². The van der Waals surface area contributed by atoms with Gasteiger partial charge in [-0.1, -0.05) is 6.92 Å². The Morgan fingerprint density at radius 1 is 1.37 bits per heavy atom. The van der Waals surface area contributed by atoms with Gasteiger partial charge >= 0.3 is 0 Å². The number of hydrogen-bond donors (Lipinski definition) is 1. The van der Waals surface area contributed by atoms with Crippen LogP contribution in [-0.4, -0.2) is 53.8 Å². The van der Waals surface area contributed by atoms with Gasteiger partial charge in [0.15, 0.2) is 0 Å². The second kappa shape index (κ2) is 6.37. The van der Waals surface area contributed by atoms with E-state index in [0.717, 1.165) is 32.4 Å². The zero-order valence-corrected chi connectivity index (χ0v) is 11.8. The first-order valence-electron chi connectivity index (χ1n) is 7.40. The van der Waals surface area contributed by atoms with Crippen molar-refractivity contribution < 1.29 is 9.59 Å². The summed E-state index contributed by atoms with van der Waals surface area (Å²) in [5, 5.41) is 0. The molecule has 0 aromatic rings. The summed E-state index contributed by atoms with van der Waals surface area (Å²) in [6.45, 7) is 4.90. The molecule has 0 aromatic heterocycles. The molecule has 2 aliphatic rings. The van der Waals surface area contributed by atoms with Gasteiger partial charge in [-0.15, -0.1) is 0 Å². The number of rotatable bonds is 4. The highest BCUT2D eigenvalue weighted by molar-refractivity contribution is 5.80. The van der Waals surface area contributed by atoms with Crippen LogP contribution in [0.5, 0.6) is 0 Å². The maximum atomic E-state index is 12.3. The number of likely N-dealkylation sites (tertiary alicyclic amines) is 2. The molecule has 2 aliphatic heterocycles. The first kappa shape index (κ1) is 14.3. The molecule has 0 unspecified atom stereocenters. The summed E-state index contributed by atoms with van der Waals surface area (Å²) in [7, 11) is 0. The van der Waals surface area contributed by atoms with Crippen LogP contribution in [0.2, 0.25) is 0 Å². The third kappa shape index (κ3) is 3.26. The van der Waals surface area contributed by atoms with Gasteiger partial charge < -0.3 is 15.5 Å². The molecule has 0 aromatic carbocycles. The lowest BCUT2D eigenvalue weighted by atomic mass is 9.90. The molecule has 2 rings (SSSR count). The molecular formula is C14H25N3O2. The molecule has 2 fully saturated rings. The van der Waals surface area contributed by atoms with Gasteiger partial charge in [0, 0.05) is 45.1 Å². The van der Waals surface area contributed by atoms with Crippen molar-refractivity contribution >= 4 is 11.8 Å². The van der Waals surface area contributed by atoms with Gasteiger partial charge in [0.1, 0.15) is 0 Å². The van der Waals surface area contributed by atoms with E-state index in [-0.39, 0.29) is 17.9 Å². The number of carbonyl (C=O) groups excluding carboxylic acids is 2. The number of nitrogens with two attached hydrogens (primary N) is 1. The van der Waals surface area contributed by atoms with E-state index in [4.69, 9.17) is 5.73 Å². The van der Waals surface area contributed by atoms with Crippen molar-refractivity contribution in [3.05, 3.63) is 0 Å². The minimum absolute atomic E-state index is 0.154. The Bertz CT molecular complexity index is 346. The zero-order chi connectivity index (χ0) is 13.8. The molecule has 0 saturated carbocycles. The zero-order valence-electron chi connectivity index (χ0n) is 11.8. The second-order valence-electron chi connectivity index (χ2n) is 5.74. The van der Waals surface area contributed by atoms with E-state index in [2.05, 4.69) is 6.92 Å². The Balaban J connectivity index is 1.86. The van der Waals surface area contributed by atoms with Gasteiger partial charge in [-0.3, -0.25) is 9.59 Å². The fourth-order valence-electron chi connectivity index (χ4n) is 3.23. The predicted molar refractivity (Wildman–Crippen MR) is 73.4 cm³/mol. The highest BCUT2D eigenvalue weighted by atomic mass is 16.2. The smallest absolute Gasteiger partial charge is 0.224 e. The average molecular weight is 267 g/mol. The Kier molecular flexibility index (Phi) is 4.80. The largest absolute Gasteiger partial charge is 0.342 e. The molecule has 2 amide bonds. The van der Waals surface area contributed by atoms with Crippen LogP contribution in [0.3, 0.4) is 0 Å². The molecule has 0 aliphatic carbocycles. The molecule has 2 N–H and O–H groups in total. The monoisotopic (exact) mass is 267 g/mol. The lowest BCUT2D eigenvalue weighted by molar-refractivity contribution is -0.137. The molecule has 0 spiro atoms. The maximum absolute atomic E-state index is 12.3. The molecule has 19 heavy (non-hydrogen) atoms. The summed E-state index contributed by atoms with van der Waals surface area (Å²) in [6, 6.07) is 0.176. The molecular weight excluding hydrogens is 242 g/mol. The van der Waals surface area contributed by atoms with Gasteiger partial charge in [-0.05, 0) is 25.2 Å². The Morgan fingerprint density at radius 2 is 2.16 bits per heavy atom. The van der Waals surface area contributed by atoms with Crippen molar-refractivity contribution in [1.82, 2.24) is 9.80 Å². The highest BCUT2D eigenvalue weighted by Gasteiger charge is 2.31. The standard InChI is InChI=1S/C14H25N3O2/c1-11-4-2-8-17(12(11)10-15)14(19)6-9-16-7-3-5-13(16)18/h11-12H,2-10,15H2,1H3/t11-,12+/m0/s1. The Labute approximate surface area is 115 Å². The van der Waals surface area contributed by atoms with E-state index in [0.29, 0.717) is 31.8 Å². The van der Waals surface area contributed by atoms with Crippen LogP contribution in [0.15, 0.2) is 0 Å². The SMILES string of the molecule is C[C@H]1CCCN(C(=O)CCN2CCCC2=O)[C@@H]1CN. The predicted octanol–water partition coefficient (Wildman–Crippen LogP) is 0.585. The summed E-state index contributed by atoms with van der Waals surface area (Å²) in [5.41, 5.74) is 5.80. The summed E-state index contributed by atoms with van der Waals surface area (Å²) >= 11 is 0. The van der Waals surface area contributed by atoms with E-state index in [1.165, 1.54) is 0 Å². The van der Waals surface area contributed by atoms with Crippen LogP contribution in [-0.2, 0) is 9.59 Å². The first-order valence-corrected chi connectivity index (χ1v) is 7.40. The fourth-order valence-corrected chi connectivity index (χ4v) is 3.23. The van der Waals surface area contributed by atoms with E-state index < -0.39 is 0 Å². The highest BCUT2D eigenvalue weighted by Crippen LogP contribution is 2.23. The van der Waals surface area contributed by atoms with Crippen LogP contribution in [0.1, 0.15) is 39.0 Å². The lowest BCUT2D eigenvalue weighted by Crippen LogP contribution is -2.51. The first-order chi connectivity index (χ1) is 9.13. The van der Waals surface area contributed by atoms with Crippen LogP contribution >= 0.6 is 0 Å². The minimum Gasteiger partial charge on any atom is -0.342 e. The molecule has 2 atom stereocenters. The fraction of sp³-hybridized carbons (Fsp3) is 0.857. The molecule has 5 nitrogen and oxygen atoms in total. The number of amides is 2. The van der Waals surface area contributed by atoms with Gasteiger partial charge in [0.05, 0.1) is 0 Å². The van der Waals surface area contributed by atoms with Gasteiger partial charge in [0.2, 0.25) is 11.8 Å². The van der Waals surface area contributed by atoms with Crippen molar-refractivity contribution in [1.29, 1.82) is 0 Å². The topological polar surface area (TPSA) is 66.6 Å².